The highest BCUT2D eigenvalue weighted by atomic mass is 14.1. The predicted molar refractivity (Wildman–Crippen MR) is 54.9 cm³/mol. The second-order valence-electron chi connectivity index (χ2n) is 2.74. The fourth-order valence-corrected chi connectivity index (χ4v) is 1.15. The van der Waals surface area contributed by atoms with Crippen molar-refractivity contribution in [3.63, 3.8) is 0 Å². The molecule has 68 valence electrons. The van der Waals surface area contributed by atoms with Gasteiger partial charge in [0.25, 0.3) is 0 Å². The summed E-state index contributed by atoms with van der Waals surface area (Å²) < 4.78 is 0. The van der Waals surface area contributed by atoms with Gasteiger partial charge in [-0.1, -0.05) is 46.3 Å². The van der Waals surface area contributed by atoms with E-state index >= 15 is 0 Å². The Kier molecular flexibility index (Phi) is 11.8. The molecular formula is C11H24. The fourth-order valence-electron chi connectivity index (χ4n) is 1.15. The van der Waals surface area contributed by atoms with Crippen LogP contribution in [-0.2, 0) is 0 Å². The Morgan fingerprint density at radius 1 is 1.27 bits per heavy atom. The molecule has 0 amide bonds. The quantitative estimate of drug-likeness (QED) is 0.529. The van der Waals surface area contributed by atoms with E-state index in [1.807, 2.05) is 13.8 Å². The lowest BCUT2D eigenvalue weighted by molar-refractivity contribution is 0.536. The SMILES string of the molecule is C=C(C)C(CC)CCC.CC. The average molecular weight is 156 g/mol. The van der Waals surface area contributed by atoms with Crippen LogP contribution in [0.15, 0.2) is 12.2 Å². The minimum atomic E-state index is 0.773. The molecule has 0 aromatic heterocycles. The summed E-state index contributed by atoms with van der Waals surface area (Å²) >= 11 is 0. The molecule has 0 heterocycles. The van der Waals surface area contributed by atoms with Gasteiger partial charge in [0.05, 0.1) is 0 Å². The van der Waals surface area contributed by atoms with Crippen molar-refractivity contribution < 1.29 is 0 Å². The van der Waals surface area contributed by atoms with Crippen LogP contribution in [0, 0.1) is 5.92 Å². The second-order valence-corrected chi connectivity index (χ2v) is 2.74. The van der Waals surface area contributed by atoms with E-state index < -0.39 is 0 Å². The van der Waals surface area contributed by atoms with Crippen LogP contribution in [0.2, 0.25) is 0 Å². The van der Waals surface area contributed by atoms with Gasteiger partial charge in [0, 0.05) is 0 Å². The zero-order valence-corrected chi connectivity index (χ0v) is 8.91. The molecular weight excluding hydrogens is 132 g/mol. The summed E-state index contributed by atoms with van der Waals surface area (Å²) in [6.07, 6.45) is 3.85. The zero-order valence-electron chi connectivity index (χ0n) is 8.91. The first-order chi connectivity index (χ1) is 5.22. The van der Waals surface area contributed by atoms with Crippen molar-refractivity contribution in [1.82, 2.24) is 0 Å². The average Bonchev–Trinajstić information content (AvgIpc) is 2.03. The summed E-state index contributed by atoms with van der Waals surface area (Å²) in [4.78, 5) is 0. The first-order valence-corrected chi connectivity index (χ1v) is 4.87. The fraction of sp³-hybridized carbons (Fsp3) is 0.818. The maximum Gasteiger partial charge on any atom is -0.0211 e. The summed E-state index contributed by atoms with van der Waals surface area (Å²) in [5, 5.41) is 0. The Bertz CT molecular complexity index is 82.0. The van der Waals surface area contributed by atoms with E-state index in [1.54, 1.807) is 0 Å². The number of hydrogen-bond acceptors (Lipinski definition) is 0. The standard InChI is InChI=1S/C9H18.C2H6/c1-5-7-9(6-2)8(3)4;1-2/h9H,3,5-7H2,1-2,4H3;1-2H3. The molecule has 11 heavy (non-hydrogen) atoms. The normalized spacial score (nSPS) is 11.4. The van der Waals surface area contributed by atoms with Gasteiger partial charge >= 0.3 is 0 Å². The van der Waals surface area contributed by atoms with Crippen molar-refractivity contribution in [3.8, 4) is 0 Å². The lowest BCUT2D eigenvalue weighted by Crippen LogP contribution is -1.97. The van der Waals surface area contributed by atoms with Crippen LogP contribution in [0.5, 0.6) is 0 Å². The highest BCUT2D eigenvalue weighted by Gasteiger charge is 2.03. The van der Waals surface area contributed by atoms with Gasteiger partial charge in [-0.3, -0.25) is 0 Å². The third-order valence-electron chi connectivity index (χ3n) is 1.83. The Morgan fingerprint density at radius 2 is 1.73 bits per heavy atom. The maximum atomic E-state index is 3.94. The highest BCUT2D eigenvalue weighted by molar-refractivity contribution is 4.94. The Labute approximate surface area is 72.7 Å². The summed E-state index contributed by atoms with van der Waals surface area (Å²) in [7, 11) is 0. The van der Waals surface area contributed by atoms with Crippen molar-refractivity contribution in [1.29, 1.82) is 0 Å². The molecule has 0 radical (unpaired) electrons. The van der Waals surface area contributed by atoms with Crippen LogP contribution in [0.25, 0.3) is 0 Å². The van der Waals surface area contributed by atoms with Crippen molar-refractivity contribution in [2.75, 3.05) is 0 Å². The van der Waals surface area contributed by atoms with Crippen LogP contribution in [0.4, 0.5) is 0 Å². The number of rotatable bonds is 4. The molecule has 0 spiro atoms. The van der Waals surface area contributed by atoms with Crippen LogP contribution in [0.1, 0.15) is 53.9 Å². The number of allylic oxidation sites excluding steroid dienone is 1. The van der Waals surface area contributed by atoms with E-state index in [-0.39, 0.29) is 0 Å². The van der Waals surface area contributed by atoms with Crippen molar-refractivity contribution >= 4 is 0 Å². The smallest absolute Gasteiger partial charge is 0.0211 e. The van der Waals surface area contributed by atoms with E-state index in [2.05, 4.69) is 27.4 Å². The van der Waals surface area contributed by atoms with Gasteiger partial charge in [0.1, 0.15) is 0 Å². The van der Waals surface area contributed by atoms with Gasteiger partial charge in [0.2, 0.25) is 0 Å². The van der Waals surface area contributed by atoms with Crippen LogP contribution < -0.4 is 0 Å². The monoisotopic (exact) mass is 156 g/mol. The summed E-state index contributed by atoms with van der Waals surface area (Å²) in [6.45, 7) is 14.5. The summed E-state index contributed by atoms with van der Waals surface area (Å²) in [5.41, 5.74) is 1.35. The van der Waals surface area contributed by atoms with Gasteiger partial charge in [-0.2, -0.15) is 0 Å². The first kappa shape index (κ1) is 13.3. The van der Waals surface area contributed by atoms with Crippen molar-refractivity contribution in [2.45, 2.75) is 53.9 Å². The van der Waals surface area contributed by atoms with E-state index in [0.717, 1.165) is 5.92 Å². The molecule has 0 aliphatic carbocycles. The molecule has 0 aliphatic rings. The molecule has 0 fully saturated rings. The maximum absolute atomic E-state index is 3.94. The zero-order chi connectivity index (χ0) is 9.28. The minimum Gasteiger partial charge on any atom is -0.0999 e. The lowest BCUT2D eigenvalue weighted by Gasteiger charge is -2.12. The van der Waals surface area contributed by atoms with E-state index in [0.29, 0.717) is 0 Å². The molecule has 0 rings (SSSR count). The second kappa shape index (κ2) is 9.74. The van der Waals surface area contributed by atoms with Gasteiger partial charge in [-0.15, -0.1) is 0 Å². The first-order valence-electron chi connectivity index (χ1n) is 4.87. The Morgan fingerprint density at radius 3 is 1.82 bits per heavy atom. The summed E-state index contributed by atoms with van der Waals surface area (Å²) in [6, 6.07) is 0. The predicted octanol–water partition coefficient (Wildman–Crippen LogP) is 4.42. The Hall–Kier alpha value is -0.260. The third kappa shape index (κ3) is 7.64. The topological polar surface area (TPSA) is 0 Å². The molecule has 1 unspecified atom stereocenters. The van der Waals surface area contributed by atoms with Gasteiger partial charge in [-0.25, -0.2) is 0 Å². The lowest BCUT2D eigenvalue weighted by atomic mass is 9.94. The van der Waals surface area contributed by atoms with Crippen molar-refractivity contribution in [3.05, 3.63) is 12.2 Å². The molecule has 0 nitrogen and oxygen atoms in total. The molecule has 0 aliphatic heterocycles. The van der Waals surface area contributed by atoms with Crippen LogP contribution in [0.3, 0.4) is 0 Å². The van der Waals surface area contributed by atoms with Gasteiger partial charge in [0.15, 0.2) is 0 Å². The van der Waals surface area contributed by atoms with Gasteiger partial charge < -0.3 is 0 Å². The molecule has 0 aromatic rings. The van der Waals surface area contributed by atoms with Crippen LogP contribution in [-0.4, -0.2) is 0 Å². The third-order valence-corrected chi connectivity index (χ3v) is 1.83. The Balaban J connectivity index is 0. The molecule has 0 saturated carbocycles. The molecule has 0 bridgehead atoms. The van der Waals surface area contributed by atoms with Crippen molar-refractivity contribution in [2.24, 2.45) is 5.92 Å². The molecule has 0 heteroatoms. The molecule has 0 aromatic carbocycles. The van der Waals surface area contributed by atoms with E-state index in [9.17, 15) is 0 Å². The molecule has 0 N–H and O–H groups in total. The molecule has 0 saturated heterocycles. The van der Waals surface area contributed by atoms with Crippen LogP contribution >= 0.6 is 0 Å². The summed E-state index contributed by atoms with van der Waals surface area (Å²) in [5.74, 6) is 0.773. The van der Waals surface area contributed by atoms with E-state index in [1.165, 1.54) is 24.8 Å². The highest BCUT2D eigenvalue weighted by Crippen LogP contribution is 2.17. The number of hydrogen-bond donors (Lipinski definition) is 0. The van der Waals surface area contributed by atoms with E-state index in [4.69, 9.17) is 0 Å². The largest absolute Gasteiger partial charge is 0.0999 e. The molecule has 1 atom stereocenters. The minimum absolute atomic E-state index is 0.773. The van der Waals surface area contributed by atoms with Gasteiger partial charge in [-0.05, 0) is 25.7 Å².